The van der Waals surface area contributed by atoms with Crippen LogP contribution >= 0.6 is 0 Å². The summed E-state index contributed by atoms with van der Waals surface area (Å²) in [5, 5.41) is 21.6. The molecule has 0 radical (unpaired) electrons. The van der Waals surface area contributed by atoms with Gasteiger partial charge in [-0.15, -0.1) is 0 Å². The third-order valence-corrected chi connectivity index (χ3v) is 2.05. The number of nitriles is 1. The van der Waals surface area contributed by atoms with Gasteiger partial charge < -0.3 is 4.74 Å². The molecule has 94 valence electrons. The van der Waals surface area contributed by atoms with Crippen LogP contribution in [0.1, 0.15) is 12.5 Å². The molecule has 18 heavy (non-hydrogen) atoms. The highest BCUT2D eigenvalue weighted by molar-refractivity contribution is 5.87. The summed E-state index contributed by atoms with van der Waals surface area (Å²) in [6, 6.07) is 6.07. The molecule has 0 bridgehead atoms. The van der Waals surface area contributed by atoms with Crippen molar-refractivity contribution in [1.29, 1.82) is 5.26 Å². The summed E-state index contributed by atoms with van der Waals surface area (Å²) in [7, 11) is 0. The lowest BCUT2D eigenvalue weighted by atomic mass is 10.1. The number of amides is 1. The minimum absolute atomic E-state index is 0.0418. The summed E-state index contributed by atoms with van der Waals surface area (Å²) in [5.41, 5.74) is 0.287. The second kappa shape index (κ2) is 6.20. The molecule has 0 atom stereocenters. The molecule has 0 heterocycles. The van der Waals surface area contributed by atoms with E-state index in [1.54, 1.807) is 6.92 Å². The zero-order valence-corrected chi connectivity index (χ0v) is 9.67. The van der Waals surface area contributed by atoms with E-state index in [9.17, 15) is 14.9 Å². The zero-order chi connectivity index (χ0) is 13.5. The number of carbonyl (C=O) groups is 1. The van der Waals surface area contributed by atoms with Gasteiger partial charge in [-0.05, 0) is 18.6 Å². The standard InChI is InChI=1S/C11H11N3O4/c1-2-18-11(15)13-9-4-3-8(5-6-12)7-10(9)14(16)17/h3-4,7H,2,5H2,1H3,(H,13,15). The first-order chi connectivity index (χ1) is 8.58. The maximum Gasteiger partial charge on any atom is 0.411 e. The molecule has 0 spiro atoms. The molecular formula is C11H11N3O4. The van der Waals surface area contributed by atoms with Gasteiger partial charge in [-0.2, -0.15) is 5.26 Å². The average molecular weight is 249 g/mol. The largest absolute Gasteiger partial charge is 0.450 e. The summed E-state index contributed by atoms with van der Waals surface area (Å²) in [6.45, 7) is 1.80. The third kappa shape index (κ3) is 3.45. The quantitative estimate of drug-likeness (QED) is 0.650. The van der Waals surface area contributed by atoms with Crippen LogP contribution in [0, 0.1) is 21.4 Å². The summed E-state index contributed by atoms with van der Waals surface area (Å²) in [5.74, 6) is 0. The van der Waals surface area contributed by atoms with Crippen LogP contribution in [0.3, 0.4) is 0 Å². The minimum atomic E-state index is -0.756. The summed E-state index contributed by atoms with van der Waals surface area (Å²) < 4.78 is 4.63. The fourth-order valence-electron chi connectivity index (χ4n) is 1.31. The number of nitrogens with one attached hydrogen (secondary N) is 1. The van der Waals surface area contributed by atoms with Crippen LogP contribution in [-0.2, 0) is 11.2 Å². The maximum atomic E-state index is 11.2. The van der Waals surface area contributed by atoms with E-state index < -0.39 is 11.0 Å². The van der Waals surface area contributed by atoms with Crippen molar-refractivity contribution in [2.75, 3.05) is 11.9 Å². The van der Waals surface area contributed by atoms with Gasteiger partial charge in [0.2, 0.25) is 0 Å². The van der Waals surface area contributed by atoms with Crippen LogP contribution in [0.4, 0.5) is 16.2 Å². The van der Waals surface area contributed by atoms with E-state index in [4.69, 9.17) is 5.26 Å². The molecule has 7 nitrogen and oxygen atoms in total. The molecule has 0 aliphatic heterocycles. The molecule has 0 aliphatic rings. The van der Waals surface area contributed by atoms with Gasteiger partial charge in [0, 0.05) is 6.07 Å². The molecule has 7 heteroatoms. The first-order valence-electron chi connectivity index (χ1n) is 5.16. The van der Waals surface area contributed by atoms with Crippen molar-refractivity contribution >= 4 is 17.5 Å². The number of anilines is 1. The summed E-state index contributed by atoms with van der Waals surface area (Å²) >= 11 is 0. The predicted molar refractivity (Wildman–Crippen MR) is 63.1 cm³/mol. The highest BCUT2D eigenvalue weighted by Gasteiger charge is 2.16. The first kappa shape index (κ1) is 13.4. The monoisotopic (exact) mass is 249 g/mol. The molecule has 1 N–H and O–H groups in total. The lowest BCUT2D eigenvalue weighted by Crippen LogP contribution is -2.14. The van der Waals surface area contributed by atoms with Gasteiger partial charge in [0.25, 0.3) is 5.69 Å². The lowest BCUT2D eigenvalue weighted by molar-refractivity contribution is -0.384. The smallest absolute Gasteiger partial charge is 0.411 e. The molecule has 1 amide bonds. The Morgan fingerprint density at radius 1 is 1.61 bits per heavy atom. The molecule has 0 aromatic heterocycles. The Bertz CT molecular complexity index is 508. The SMILES string of the molecule is CCOC(=O)Nc1ccc(CC#N)cc1[N+](=O)[O-]. The van der Waals surface area contributed by atoms with Gasteiger partial charge in [-0.3, -0.25) is 15.4 Å². The van der Waals surface area contributed by atoms with Gasteiger partial charge >= 0.3 is 6.09 Å². The van der Waals surface area contributed by atoms with Crippen molar-refractivity contribution in [3.05, 3.63) is 33.9 Å². The highest BCUT2D eigenvalue weighted by atomic mass is 16.6. The van der Waals surface area contributed by atoms with Gasteiger partial charge in [0.15, 0.2) is 0 Å². The molecule has 1 aromatic rings. The second-order valence-electron chi connectivity index (χ2n) is 3.29. The van der Waals surface area contributed by atoms with Crippen LogP contribution < -0.4 is 5.32 Å². The number of rotatable bonds is 4. The average Bonchev–Trinajstić information content (AvgIpc) is 2.31. The van der Waals surface area contributed by atoms with Gasteiger partial charge in [-0.1, -0.05) is 6.07 Å². The molecule has 1 aromatic carbocycles. The van der Waals surface area contributed by atoms with E-state index in [-0.39, 0.29) is 24.4 Å². The molecule has 0 fully saturated rings. The summed E-state index contributed by atoms with van der Waals surface area (Å²) in [6.07, 6.45) is -0.686. The van der Waals surface area contributed by atoms with Crippen molar-refractivity contribution in [3.8, 4) is 6.07 Å². The van der Waals surface area contributed by atoms with Crippen LogP contribution in [-0.4, -0.2) is 17.6 Å². The predicted octanol–water partition coefficient (Wildman–Crippen LogP) is 2.23. The molecular weight excluding hydrogens is 238 g/mol. The number of hydrogen-bond acceptors (Lipinski definition) is 5. The Labute approximate surface area is 103 Å². The molecule has 0 saturated heterocycles. The number of hydrogen-bond donors (Lipinski definition) is 1. The summed E-state index contributed by atoms with van der Waals surface area (Å²) in [4.78, 5) is 21.4. The lowest BCUT2D eigenvalue weighted by Gasteiger charge is -2.06. The van der Waals surface area contributed by atoms with E-state index in [1.807, 2.05) is 6.07 Å². The van der Waals surface area contributed by atoms with Crippen LogP contribution in [0.25, 0.3) is 0 Å². The van der Waals surface area contributed by atoms with E-state index in [2.05, 4.69) is 10.1 Å². The van der Waals surface area contributed by atoms with Gasteiger partial charge in [0.1, 0.15) is 5.69 Å². The number of nitro benzene ring substituents is 1. The topological polar surface area (TPSA) is 105 Å². The van der Waals surface area contributed by atoms with Crippen molar-refractivity contribution < 1.29 is 14.5 Å². The van der Waals surface area contributed by atoms with Crippen LogP contribution in [0.5, 0.6) is 0 Å². The van der Waals surface area contributed by atoms with E-state index in [0.717, 1.165) is 0 Å². The van der Waals surface area contributed by atoms with Crippen LogP contribution in [0.2, 0.25) is 0 Å². The Kier molecular flexibility index (Phi) is 4.63. The Morgan fingerprint density at radius 3 is 2.89 bits per heavy atom. The fraction of sp³-hybridized carbons (Fsp3) is 0.273. The fourth-order valence-corrected chi connectivity index (χ4v) is 1.31. The van der Waals surface area contributed by atoms with Crippen molar-refractivity contribution in [3.63, 3.8) is 0 Å². The number of carbonyl (C=O) groups excluding carboxylic acids is 1. The van der Waals surface area contributed by atoms with Crippen molar-refractivity contribution in [1.82, 2.24) is 0 Å². The number of benzene rings is 1. The van der Waals surface area contributed by atoms with Gasteiger partial charge in [-0.25, -0.2) is 4.79 Å². The third-order valence-electron chi connectivity index (χ3n) is 2.05. The molecule has 0 saturated carbocycles. The van der Waals surface area contributed by atoms with E-state index in [1.165, 1.54) is 18.2 Å². The minimum Gasteiger partial charge on any atom is -0.450 e. The zero-order valence-electron chi connectivity index (χ0n) is 9.67. The molecule has 1 rings (SSSR count). The maximum absolute atomic E-state index is 11.2. The number of nitrogens with zero attached hydrogens (tertiary/aromatic N) is 2. The molecule has 0 unspecified atom stereocenters. The second-order valence-corrected chi connectivity index (χ2v) is 3.29. The molecule has 0 aliphatic carbocycles. The van der Waals surface area contributed by atoms with E-state index >= 15 is 0 Å². The number of ether oxygens (including phenoxy) is 1. The van der Waals surface area contributed by atoms with Gasteiger partial charge in [0.05, 0.1) is 24.0 Å². The number of nitro groups is 1. The normalized spacial score (nSPS) is 9.33. The Hall–Kier alpha value is -2.62. The Balaban J connectivity index is 3.01. The van der Waals surface area contributed by atoms with Crippen molar-refractivity contribution in [2.24, 2.45) is 0 Å². The first-order valence-corrected chi connectivity index (χ1v) is 5.16. The van der Waals surface area contributed by atoms with Crippen LogP contribution in [0.15, 0.2) is 18.2 Å². The van der Waals surface area contributed by atoms with Crippen molar-refractivity contribution in [2.45, 2.75) is 13.3 Å². The highest BCUT2D eigenvalue weighted by Crippen LogP contribution is 2.25. The van der Waals surface area contributed by atoms with E-state index in [0.29, 0.717) is 5.56 Å². The Morgan fingerprint density at radius 2 is 2.33 bits per heavy atom.